The summed E-state index contributed by atoms with van der Waals surface area (Å²) in [6.07, 6.45) is 18.4. The lowest BCUT2D eigenvalue weighted by Gasteiger charge is -2.57. The minimum Gasteiger partial charge on any atom is -0.0654 e. The van der Waals surface area contributed by atoms with Gasteiger partial charge in [-0.2, -0.15) is 0 Å². The van der Waals surface area contributed by atoms with E-state index < -0.39 is 0 Å². The van der Waals surface area contributed by atoms with Crippen molar-refractivity contribution in [2.75, 3.05) is 0 Å². The third-order valence-corrected chi connectivity index (χ3v) is 8.85. The van der Waals surface area contributed by atoms with Crippen molar-refractivity contribution < 1.29 is 0 Å². The molecule has 1 saturated carbocycles. The summed E-state index contributed by atoms with van der Waals surface area (Å²) in [7, 11) is 0. The van der Waals surface area contributed by atoms with E-state index in [4.69, 9.17) is 0 Å². The normalized spacial score (nSPS) is 25.4. The number of hydrogen-bond acceptors (Lipinski definition) is 0. The number of hydrogen-bond donors (Lipinski definition) is 0. The summed E-state index contributed by atoms with van der Waals surface area (Å²) in [6, 6.07) is 0. The lowest BCUT2D eigenvalue weighted by Crippen LogP contribution is -2.48. The van der Waals surface area contributed by atoms with Gasteiger partial charge in [0.05, 0.1) is 0 Å². The lowest BCUT2D eigenvalue weighted by atomic mass is 9.48. The van der Waals surface area contributed by atoms with Crippen LogP contribution in [-0.4, -0.2) is 0 Å². The highest BCUT2D eigenvalue weighted by molar-refractivity contribution is 5.00. The molecule has 156 valence electrons. The maximum Gasteiger partial charge on any atom is -0.0221 e. The van der Waals surface area contributed by atoms with Crippen molar-refractivity contribution in [2.24, 2.45) is 28.1 Å². The van der Waals surface area contributed by atoms with E-state index >= 15 is 0 Å². The molecule has 0 aromatic carbocycles. The third-order valence-electron chi connectivity index (χ3n) is 8.85. The summed E-state index contributed by atoms with van der Waals surface area (Å²) < 4.78 is 0. The van der Waals surface area contributed by atoms with Gasteiger partial charge in [0, 0.05) is 0 Å². The Kier molecular flexibility index (Phi) is 9.73. The van der Waals surface area contributed by atoms with Gasteiger partial charge in [-0.25, -0.2) is 0 Å². The summed E-state index contributed by atoms with van der Waals surface area (Å²) in [4.78, 5) is 0. The fourth-order valence-corrected chi connectivity index (χ4v) is 5.98. The maximum atomic E-state index is 2.67. The molecule has 0 aliphatic heterocycles. The molecule has 0 aromatic heterocycles. The van der Waals surface area contributed by atoms with Crippen LogP contribution in [0.3, 0.4) is 0 Å². The fourth-order valence-electron chi connectivity index (χ4n) is 5.98. The quantitative estimate of drug-likeness (QED) is 0.269. The van der Waals surface area contributed by atoms with Crippen molar-refractivity contribution >= 4 is 0 Å². The summed E-state index contributed by atoms with van der Waals surface area (Å²) >= 11 is 0. The van der Waals surface area contributed by atoms with Crippen LogP contribution in [0.2, 0.25) is 0 Å². The van der Waals surface area contributed by atoms with Gasteiger partial charge in [0.25, 0.3) is 0 Å². The van der Waals surface area contributed by atoms with E-state index in [2.05, 4.69) is 55.4 Å². The molecule has 0 bridgehead atoms. The topological polar surface area (TPSA) is 0 Å². The monoisotopic (exact) mass is 364 g/mol. The molecule has 1 aliphatic rings. The van der Waals surface area contributed by atoms with Crippen LogP contribution in [0.1, 0.15) is 139 Å². The van der Waals surface area contributed by atoms with Gasteiger partial charge in [0.2, 0.25) is 0 Å². The summed E-state index contributed by atoms with van der Waals surface area (Å²) in [5.41, 5.74) is 1.36. The van der Waals surface area contributed by atoms with Crippen molar-refractivity contribution in [3.8, 4) is 0 Å². The predicted molar refractivity (Wildman–Crippen MR) is 120 cm³/mol. The van der Waals surface area contributed by atoms with Crippen LogP contribution in [0.25, 0.3) is 0 Å². The first-order valence-corrected chi connectivity index (χ1v) is 12.2. The van der Waals surface area contributed by atoms with Crippen LogP contribution in [0.4, 0.5) is 0 Å². The van der Waals surface area contributed by atoms with E-state index in [1.165, 1.54) is 83.5 Å². The van der Waals surface area contributed by atoms with Crippen LogP contribution in [0.5, 0.6) is 0 Å². The van der Waals surface area contributed by atoms with Crippen LogP contribution < -0.4 is 0 Å². The zero-order valence-electron chi connectivity index (χ0n) is 19.8. The highest BCUT2D eigenvalue weighted by Gasteiger charge is 2.51. The summed E-state index contributed by atoms with van der Waals surface area (Å²) in [5, 5.41) is 0. The van der Waals surface area contributed by atoms with Crippen LogP contribution >= 0.6 is 0 Å². The highest BCUT2D eigenvalue weighted by atomic mass is 14.6. The zero-order valence-corrected chi connectivity index (χ0v) is 19.8. The molecule has 1 rings (SSSR count). The van der Waals surface area contributed by atoms with Gasteiger partial charge in [-0.05, 0) is 60.2 Å². The second-order valence-electron chi connectivity index (χ2n) is 11.0. The Labute approximate surface area is 167 Å². The van der Waals surface area contributed by atoms with Crippen molar-refractivity contribution in [3.05, 3.63) is 0 Å². The standard InChI is InChI=1S/C26H52/c1-9-12-17-24(5,6)26(8,25(7,11-3)18-13-10-2)19-15-14-16-23-20-22(4)21-23/h22-23H,9-21H2,1-8H3. The van der Waals surface area contributed by atoms with Gasteiger partial charge in [-0.1, -0.05) is 107 Å². The average molecular weight is 365 g/mol. The molecule has 0 amide bonds. The van der Waals surface area contributed by atoms with E-state index in [-0.39, 0.29) is 0 Å². The summed E-state index contributed by atoms with van der Waals surface area (Å²) in [5.74, 6) is 2.07. The Morgan fingerprint density at radius 2 is 1.31 bits per heavy atom. The second kappa shape index (κ2) is 10.5. The van der Waals surface area contributed by atoms with Gasteiger partial charge < -0.3 is 0 Å². The first kappa shape index (κ1) is 24.0. The van der Waals surface area contributed by atoms with Gasteiger partial charge in [-0.3, -0.25) is 0 Å². The molecule has 0 radical (unpaired) electrons. The first-order chi connectivity index (χ1) is 12.2. The third kappa shape index (κ3) is 5.75. The molecule has 26 heavy (non-hydrogen) atoms. The molecule has 0 N–H and O–H groups in total. The molecule has 2 unspecified atom stereocenters. The number of rotatable bonds is 14. The van der Waals surface area contributed by atoms with E-state index in [0.717, 1.165) is 11.8 Å². The van der Waals surface area contributed by atoms with Crippen molar-refractivity contribution in [3.63, 3.8) is 0 Å². The Hall–Kier alpha value is 0. The molecule has 0 heteroatoms. The fraction of sp³-hybridized carbons (Fsp3) is 1.00. The largest absolute Gasteiger partial charge is 0.0654 e. The van der Waals surface area contributed by atoms with E-state index in [9.17, 15) is 0 Å². The molecule has 0 heterocycles. The highest BCUT2D eigenvalue weighted by Crippen LogP contribution is 2.60. The van der Waals surface area contributed by atoms with E-state index in [0.29, 0.717) is 16.2 Å². The Bertz CT molecular complexity index is 375. The van der Waals surface area contributed by atoms with Gasteiger partial charge >= 0.3 is 0 Å². The van der Waals surface area contributed by atoms with Crippen molar-refractivity contribution in [1.29, 1.82) is 0 Å². The summed E-state index contributed by atoms with van der Waals surface area (Å²) in [6.45, 7) is 20.1. The molecule has 0 aromatic rings. The molecule has 1 fully saturated rings. The van der Waals surface area contributed by atoms with Crippen LogP contribution in [0, 0.1) is 28.1 Å². The predicted octanol–water partition coefficient (Wildman–Crippen LogP) is 9.42. The average Bonchev–Trinajstić information content (AvgIpc) is 2.59. The van der Waals surface area contributed by atoms with Gasteiger partial charge in [0.15, 0.2) is 0 Å². The second-order valence-corrected chi connectivity index (χ2v) is 11.0. The molecular formula is C26H52. The van der Waals surface area contributed by atoms with E-state index in [1.807, 2.05) is 0 Å². The Morgan fingerprint density at radius 3 is 1.81 bits per heavy atom. The molecule has 1 aliphatic carbocycles. The van der Waals surface area contributed by atoms with Crippen molar-refractivity contribution in [2.45, 2.75) is 139 Å². The molecular weight excluding hydrogens is 312 g/mol. The van der Waals surface area contributed by atoms with Crippen molar-refractivity contribution in [1.82, 2.24) is 0 Å². The zero-order chi connectivity index (χ0) is 19.8. The van der Waals surface area contributed by atoms with Crippen LogP contribution in [0.15, 0.2) is 0 Å². The van der Waals surface area contributed by atoms with E-state index in [1.54, 1.807) is 0 Å². The lowest BCUT2D eigenvalue weighted by molar-refractivity contribution is -0.0715. The maximum absolute atomic E-state index is 2.67. The molecule has 2 atom stereocenters. The molecule has 0 spiro atoms. The minimum atomic E-state index is 0.437. The smallest absolute Gasteiger partial charge is 0.0221 e. The Morgan fingerprint density at radius 1 is 0.731 bits per heavy atom. The number of unbranched alkanes of at least 4 members (excludes halogenated alkanes) is 3. The van der Waals surface area contributed by atoms with Gasteiger partial charge in [0.1, 0.15) is 0 Å². The Balaban J connectivity index is 2.81. The SMILES string of the molecule is CCCCC(C)(C)C(C)(CCCCC1CC(C)C1)C(C)(CC)CCCC. The molecule has 0 saturated heterocycles. The minimum absolute atomic E-state index is 0.437. The first-order valence-electron chi connectivity index (χ1n) is 12.2. The van der Waals surface area contributed by atoms with Gasteiger partial charge in [-0.15, -0.1) is 0 Å². The molecule has 0 nitrogen and oxygen atoms in total. The van der Waals surface area contributed by atoms with Crippen LogP contribution in [-0.2, 0) is 0 Å².